The van der Waals surface area contributed by atoms with E-state index in [-0.39, 0.29) is 38.9 Å². The van der Waals surface area contributed by atoms with Crippen LogP contribution >= 0.6 is 0 Å². The van der Waals surface area contributed by atoms with E-state index in [2.05, 4.69) is 135 Å². The molecule has 135 heavy (non-hydrogen) atoms. The Kier molecular flexibility index (Phi) is 29.9. The van der Waals surface area contributed by atoms with Crippen LogP contribution < -0.4 is 31.8 Å². The second kappa shape index (κ2) is 44.0. The molecule has 3 atom stereocenters. The molecule has 16 rings (SSSR count). The number of azo groups is 3. The molecule has 0 spiro atoms. The number of rotatable bonds is 42. The van der Waals surface area contributed by atoms with Crippen molar-refractivity contribution in [1.82, 2.24) is 27.4 Å². The number of aryl methyl sites for hydroxylation is 3. The zero-order valence-electron chi connectivity index (χ0n) is 75.5. The molecule has 12 aromatic carbocycles. The molecule has 0 aliphatic carbocycles. The SMILES string of the molecule is CN(CC(Cn1c(=O)n(CC(CN(C)c2ccc(N=Nc3ccc(C#N)cc3)cc2)OC(=O)CCCCCn2c3ccccc3c3ccccc32)c(=O)n(CC(CN(C)c2ccc(N=Nc3ccc(C#N)cc3)cc2)OC(=O)CCCCCn2c3ccccc3c3ccccc32)c1=O)OC(=O)CCCCCn1c2ccccc2c2ccccc21)c1ccc(N=Nc2ccc(C#N)cc2)cc1. The van der Waals surface area contributed by atoms with Crippen molar-refractivity contribution in [3.05, 3.63) is 339 Å². The molecule has 0 amide bonds. The summed E-state index contributed by atoms with van der Waals surface area (Å²) in [4.78, 5) is 98.4. The minimum Gasteiger partial charge on any atom is -0.459 e. The number of carbonyl (C=O) groups excluding carboxylic acids is 3. The van der Waals surface area contributed by atoms with Crippen LogP contribution in [-0.2, 0) is 67.9 Å². The van der Waals surface area contributed by atoms with Crippen LogP contribution in [0.5, 0.6) is 0 Å². The Balaban J connectivity index is 0.731. The highest BCUT2D eigenvalue weighted by Crippen LogP contribution is 2.35. The Hall–Kier alpha value is -16.5. The van der Waals surface area contributed by atoms with Gasteiger partial charge in [-0.05, 0) is 221 Å². The highest BCUT2D eigenvalue weighted by Gasteiger charge is 2.30. The second-order valence-corrected chi connectivity index (χ2v) is 33.8. The normalized spacial score (nSPS) is 12.3. The molecule has 4 aromatic heterocycles. The predicted octanol–water partition coefficient (Wildman–Crippen LogP) is 22.3. The Morgan fingerprint density at radius 3 is 0.681 bits per heavy atom. The lowest BCUT2D eigenvalue weighted by Crippen LogP contribution is -2.58. The van der Waals surface area contributed by atoms with Gasteiger partial charge < -0.3 is 42.6 Å². The first kappa shape index (κ1) is 91.8. The molecular weight excluding hydrogens is 1690 g/mol. The van der Waals surface area contributed by atoms with Crippen LogP contribution in [0.1, 0.15) is 93.7 Å². The molecule has 0 fully saturated rings. The standard InChI is InChI=1S/C108H102N18O9/c1-118(85-58-52-82(53-59-85)115-112-79-46-40-76(67-109)41-47-79)70-88(133-103(127)37-7-4-22-64-121-97-31-16-10-25-91(97)92-26-11-17-32-98(92)121)73-124-106(130)125(74-89(71-119(2)86-60-54-83(55-61-86)116-113-80-48-42-77(68-110)43-49-80)134-104(128)38-8-5-23-65-122-99-33-18-12-27-93(99)94-28-13-19-34-100(94)122)108(132)126(107(124)131)75-90(72-120(3)87-62-56-84(57-63-87)117-114-81-50-44-78(69-111)45-51-81)135-105(129)39-9-6-24-66-123-101-35-20-14-29-95(101)96-30-15-21-36-102(96)123/h10-21,25-36,40-63,88-90H,4-9,22-24,37-39,64-66,70-75H2,1-3H3. The summed E-state index contributed by atoms with van der Waals surface area (Å²) >= 11 is 0. The van der Waals surface area contributed by atoms with Crippen molar-refractivity contribution in [2.24, 2.45) is 30.7 Å². The number of esters is 3. The van der Waals surface area contributed by atoms with E-state index in [1.54, 1.807) is 167 Å². The number of hydrogen-bond donors (Lipinski definition) is 0. The summed E-state index contributed by atoms with van der Waals surface area (Å²) in [6, 6.07) is 97.5. The van der Waals surface area contributed by atoms with Crippen LogP contribution in [-0.4, -0.2) is 104 Å². The van der Waals surface area contributed by atoms with Gasteiger partial charge in [-0.25, -0.2) is 28.1 Å². The number of benzene rings is 12. The average Bonchev–Trinajstić information content (AvgIpc) is 1.57. The molecule has 27 nitrogen and oxygen atoms in total. The maximum atomic E-state index is 16.2. The molecule has 0 bridgehead atoms. The van der Waals surface area contributed by atoms with Crippen LogP contribution in [0.15, 0.2) is 336 Å². The van der Waals surface area contributed by atoms with Crippen molar-refractivity contribution < 1.29 is 28.6 Å². The van der Waals surface area contributed by atoms with Crippen LogP contribution in [0, 0.1) is 34.0 Å². The number of fused-ring (bicyclic) bond motifs is 9. The lowest BCUT2D eigenvalue weighted by molar-refractivity contribution is -0.150. The monoisotopic (exact) mass is 1790 g/mol. The smallest absolute Gasteiger partial charge is 0.336 e. The molecule has 0 saturated heterocycles. The number of aromatic nitrogens is 6. The molecule has 0 saturated carbocycles. The van der Waals surface area contributed by atoms with Crippen molar-refractivity contribution in [1.29, 1.82) is 15.8 Å². The first-order valence-corrected chi connectivity index (χ1v) is 45.6. The Morgan fingerprint density at radius 1 is 0.274 bits per heavy atom. The summed E-state index contributed by atoms with van der Waals surface area (Å²) < 4.78 is 29.1. The molecule has 0 aliphatic heterocycles. The van der Waals surface area contributed by atoms with Gasteiger partial charge in [-0.15, -0.1) is 0 Å². The van der Waals surface area contributed by atoms with Crippen molar-refractivity contribution in [2.45, 2.75) is 135 Å². The Morgan fingerprint density at radius 2 is 0.474 bits per heavy atom. The molecule has 0 N–H and O–H groups in total. The van der Waals surface area contributed by atoms with E-state index in [1.165, 1.54) is 0 Å². The van der Waals surface area contributed by atoms with Crippen molar-refractivity contribution in [2.75, 3.05) is 55.5 Å². The van der Waals surface area contributed by atoms with Gasteiger partial charge in [-0.2, -0.15) is 46.5 Å². The third-order valence-corrected chi connectivity index (χ3v) is 24.4. The van der Waals surface area contributed by atoms with Gasteiger partial charge in [0, 0.05) is 143 Å². The number of nitriles is 3. The minimum atomic E-state index is -1.27. The lowest BCUT2D eigenvalue weighted by atomic mass is 10.2. The van der Waals surface area contributed by atoms with Gasteiger partial charge in [0.05, 0.1) is 108 Å². The Bertz CT molecular complexity index is 6460. The van der Waals surface area contributed by atoms with Crippen LogP contribution in [0.25, 0.3) is 65.4 Å². The fraction of sp³-hybridized carbons (Fsp3) is 0.250. The number of para-hydroxylation sites is 6. The fourth-order valence-corrected chi connectivity index (χ4v) is 17.5. The lowest BCUT2D eigenvalue weighted by Gasteiger charge is -2.29. The molecule has 27 heteroatoms. The van der Waals surface area contributed by atoms with Gasteiger partial charge in [-0.1, -0.05) is 128 Å². The van der Waals surface area contributed by atoms with Gasteiger partial charge in [0.1, 0.15) is 18.3 Å². The van der Waals surface area contributed by atoms with Crippen LogP contribution in [0.2, 0.25) is 0 Å². The maximum absolute atomic E-state index is 16.2. The van der Waals surface area contributed by atoms with Gasteiger partial charge in [0.15, 0.2) is 0 Å². The fourth-order valence-electron chi connectivity index (χ4n) is 17.5. The third-order valence-electron chi connectivity index (χ3n) is 24.4. The summed E-state index contributed by atoms with van der Waals surface area (Å²) in [5.74, 6) is -1.80. The van der Waals surface area contributed by atoms with Crippen molar-refractivity contribution in [3.63, 3.8) is 0 Å². The molecule has 0 radical (unpaired) electrons. The van der Waals surface area contributed by atoms with E-state index in [1.807, 2.05) is 87.5 Å². The summed E-state index contributed by atoms with van der Waals surface area (Å²) in [7, 11) is 5.33. The summed E-state index contributed by atoms with van der Waals surface area (Å²) in [6.45, 7) is -0.0340. The third kappa shape index (κ3) is 22.8. The van der Waals surface area contributed by atoms with Gasteiger partial charge in [0.2, 0.25) is 0 Å². The molecular formula is C108H102N18O9. The zero-order valence-corrected chi connectivity index (χ0v) is 75.5. The second-order valence-electron chi connectivity index (χ2n) is 33.8. The number of likely N-dealkylation sites (N-methyl/N-ethyl adjacent to an activating group) is 3. The topological polar surface area (TPSA) is 315 Å². The predicted molar refractivity (Wildman–Crippen MR) is 528 cm³/mol. The van der Waals surface area contributed by atoms with Crippen LogP contribution in [0.4, 0.5) is 51.2 Å². The number of ether oxygens (including phenoxy) is 3. The number of hydrogen-bond acceptors (Lipinski definition) is 21. The van der Waals surface area contributed by atoms with E-state index >= 15 is 14.4 Å². The largest absolute Gasteiger partial charge is 0.459 e. The van der Waals surface area contributed by atoms with Gasteiger partial charge in [-0.3, -0.25) is 14.4 Å². The first-order valence-electron chi connectivity index (χ1n) is 45.6. The number of nitrogens with zero attached hydrogens (tertiary/aromatic N) is 18. The van der Waals surface area contributed by atoms with E-state index in [4.69, 9.17) is 14.2 Å². The van der Waals surface area contributed by atoms with Crippen LogP contribution in [0.3, 0.4) is 0 Å². The maximum Gasteiger partial charge on any atom is 0.336 e. The van der Waals surface area contributed by atoms with Crippen molar-refractivity contribution in [3.8, 4) is 18.2 Å². The Labute approximate surface area is 780 Å². The highest BCUT2D eigenvalue weighted by atomic mass is 16.6. The average molecular weight is 1800 g/mol. The summed E-state index contributed by atoms with van der Waals surface area (Å²) in [6.07, 6.45) is 1.57. The van der Waals surface area contributed by atoms with Gasteiger partial charge in [0.25, 0.3) is 0 Å². The van der Waals surface area contributed by atoms with E-state index in [0.29, 0.717) is 126 Å². The zero-order chi connectivity index (χ0) is 93.5. The van der Waals surface area contributed by atoms with E-state index < -0.39 is 72.9 Å². The summed E-state index contributed by atoms with van der Waals surface area (Å²) in [5.41, 5.74) is 9.81. The molecule has 678 valence electrons. The highest BCUT2D eigenvalue weighted by molar-refractivity contribution is 6.10. The molecule has 4 heterocycles. The minimum absolute atomic E-state index is 0.0219. The quantitative estimate of drug-likeness (QED) is 0.0149. The molecule has 0 aliphatic rings. The molecule has 16 aromatic rings. The van der Waals surface area contributed by atoms with Crippen molar-refractivity contribution >= 4 is 135 Å². The number of anilines is 3. The van der Waals surface area contributed by atoms with E-state index in [0.717, 1.165) is 98.4 Å². The first-order chi connectivity index (χ1) is 66.0. The molecule has 3 unspecified atom stereocenters. The summed E-state index contributed by atoms with van der Waals surface area (Å²) in [5, 5.41) is 61.6. The van der Waals surface area contributed by atoms with Gasteiger partial charge >= 0.3 is 35.0 Å². The van der Waals surface area contributed by atoms with E-state index in [9.17, 15) is 30.2 Å². The number of unbranched alkanes of at least 4 members (excludes halogenated alkanes) is 6. The number of carbonyl (C=O) groups is 3.